The van der Waals surface area contributed by atoms with Crippen LogP contribution in [-0.4, -0.2) is 58.9 Å². The van der Waals surface area contributed by atoms with Crippen molar-refractivity contribution >= 4 is 12.9 Å². The van der Waals surface area contributed by atoms with Gasteiger partial charge in [0.15, 0.2) is 0 Å². The van der Waals surface area contributed by atoms with Crippen molar-refractivity contribution in [3.63, 3.8) is 0 Å². The Bertz CT molecular complexity index is 363. The fourth-order valence-electron chi connectivity index (χ4n) is 3.11. The summed E-state index contributed by atoms with van der Waals surface area (Å²) in [5, 5.41) is 27.9. The molecule has 0 amide bonds. The summed E-state index contributed by atoms with van der Waals surface area (Å²) < 4.78 is 12.4. The van der Waals surface area contributed by atoms with Crippen molar-refractivity contribution < 1.29 is 24.7 Å². The van der Waals surface area contributed by atoms with Crippen LogP contribution in [-0.2, 0) is 9.36 Å². The molecule has 0 saturated carbocycles. The average Bonchev–Trinajstić information content (AvgIpc) is 2.53. The lowest BCUT2D eigenvalue weighted by Crippen LogP contribution is -2.21. The first-order valence-electron chi connectivity index (χ1n) is 9.96. The number of hydrogen-bond donors (Lipinski definition) is 3. The number of carbonyl (C=O) groups excluding carboxylic acids is 1. The molecule has 1 unspecified atom stereocenters. The van der Waals surface area contributed by atoms with Gasteiger partial charge in [0, 0.05) is 44.5 Å². The molecule has 25 heavy (non-hydrogen) atoms. The van der Waals surface area contributed by atoms with Crippen LogP contribution >= 0.6 is 7.14 Å². The highest BCUT2D eigenvalue weighted by molar-refractivity contribution is 7.64. The molecule has 0 rings (SSSR count). The molecule has 3 N–H and O–H groups in total. The number of hydrogen-bond acceptors (Lipinski definition) is 5. The van der Waals surface area contributed by atoms with Crippen molar-refractivity contribution in [2.45, 2.75) is 83.7 Å². The van der Waals surface area contributed by atoms with Gasteiger partial charge in [-0.2, -0.15) is 0 Å². The summed E-state index contributed by atoms with van der Waals surface area (Å²) in [6.45, 7) is 1.76. The number of aliphatic hydroxyl groups excluding tert-OH is 3. The second-order valence-electron chi connectivity index (χ2n) is 7.11. The largest absolute Gasteiger partial charge is 0.396 e. The zero-order valence-electron chi connectivity index (χ0n) is 16.0. The molecule has 0 saturated heterocycles. The molecule has 0 fully saturated rings. The van der Waals surface area contributed by atoms with Crippen LogP contribution in [0.4, 0.5) is 0 Å². The van der Waals surface area contributed by atoms with E-state index in [1.807, 2.05) is 0 Å². The molecular formula is C19H39O5P. The van der Waals surface area contributed by atoms with Gasteiger partial charge in [0.25, 0.3) is 0 Å². The molecule has 150 valence electrons. The van der Waals surface area contributed by atoms with Gasteiger partial charge in [-0.1, -0.05) is 58.3 Å². The smallest absolute Gasteiger partial charge is 0.135 e. The van der Waals surface area contributed by atoms with Gasteiger partial charge in [0.05, 0.1) is 13.2 Å². The standard InChI is InChI=1S/C19H39O5P/c1-2-3-4-5-6-7-8-9-10-11-18(22)16-19(23)17-25(24,14-12-20)15-13-21/h19-21,23H,2-17H2,1H3. The number of rotatable bonds is 18. The summed E-state index contributed by atoms with van der Waals surface area (Å²) in [6, 6.07) is 0. The third kappa shape index (κ3) is 14.6. The van der Waals surface area contributed by atoms with Gasteiger partial charge >= 0.3 is 0 Å². The fourth-order valence-corrected chi connectivity index (χ4v) is 5.32. The van der Waals surface area contributed by atoms with Crippen LogP contribution in [0, 0.1) is 0 Å². The van der Waals surface area contributed by atoms with Crippen molar-refractivity contribution in [1.82, 2.24) is 0 Å². The summed E-state index contributed by atoms with van der Waals surface area (Å²) in [5.74, 6) is 0.00925. The van der Waals surface area contributed by atoms with Gasteiger partial charge in [-0.25, -0.2) is 0 Å². The van der Waals surface area contributed by atoms with Crippen LogP contribution in [0.3, 0.4) is 0 Å². The zero-order chi connectivity index (χ0) is 19.0. The van der Waals surface area contributed by atoms with E-state index in [2.05, 4.69) is 6.92 Å². The molecule has 0 aromatic rings. The van der Waals surface area contributed by atoms with Crippen molar-refractivity contribution in [3.05, 3.63) is 0 Å². The molecule has 0 bridgehead atoms. The maximum Gasteiger partial charge on any atom is 0.135 e. The van der Waals surface area contributed by atoms with Gasteiger partial charge in [0.2, 0.25) is 0 Å². The molecule has 0 aromatic carbocycles. The van der Waals surface area contributed by atoms with Crippen molar-refractivity contribution in [1.29, 1.82) is 0 Å². The third-order valence-electron chi connectivity index (χ3n) is 4.58. The van der Waals surface area contributed by atoms with Crippen molar-refractivity contribution in [3.8, 4) is 0 Å². The Balaban J connectivity index is 3.78. The molecule has 0 heterocycles. The van der Waals surface area contributed by atoms with Crippen LogP contribution in [0.1, 0.15) is 77.6 Å². The quantitative estimate of drug-likeness (QED) is 0.250. The monoisotopic (exact) mass is 378 g/mol. The predicted octanol–water partition coefficient (Wildman–Crippen LogP) is 3.58. The summed E-state index contributed by atoms with van der Waals surface area (Å²) in [5.41, 5.74) is 0. The summed E-state index contributed by atoms with van der Waals surface area (Å²) in [7, 11) is -2.79. The minimum atomic E-state index is -2.79. The minimum absolute atomic E-state index is 0.00925. The molecule has 0 aliphatic heterocycles. The lowest BCUT2D eigenvalue weighted by molar-refractivity contribution is -0.120. The van der Waals surface area contributed by atoms with Gasteiger partial charge < -0.3 is 19.9 Å². The van der Waals surface area contributed by atoms with Gasteiger partial charge in [-0.15, -0.1) is 0 Å². The Morgan fingerprint density at radius 3 is 1.84 bits per heavy atom. The Morgan fingerprint density at radius 2 is 1.36 bits per heavy atom. The molecule has 0 aromatic heterocycles. The summed E-state index contributed by atoms with van der Waals surface area (Å²) >= 11 is 0. The topological polar surface area (TPSA) is 94.8 Å². The second-order valence-corrected chi connectivity index (χ2v) is 10.5. The van der Waals surface area contributed by atoms with E-state index in [1.54, 1.807) is 0 Å². The molecule has 6 heteroatoms. The first-order valence-corrected chi connectivity index (χ1v) is 12.2. The predicted molar refractivity (Wildman–Crippen MR) is 104 cm³/mol. The maximum absolute atomic E-state index is 12.4. The van der Waals surface area contributed by atoms with Crippen LogP contribution in [0.15, 0.2) is 0 Å². The highest BCUT2D eigenvalue weighted by Gasteiger charge is 2.25. The highest BCUT2D eigenvalue weighted by atomic mass is 31.2. The van der Waals surface area contributed by atoms with Crippen LogP contribution in [0.25, 0.3) is 0 Å². The Kier molecular flexibility index (Phi) is 15.8. The maximum atomic E-state index is 12.4. The van der Waals surface area contributed by atoms with E-state index < -0.39 is 13.2 Å². The van der Waals surface area contributed by atoms with E-state index in [0.717, 1.165) is 19.3 Å². The summed E-state index contributed by atoms with van der Waals surface area (Å²) in [4.78, 5) is 11.9. The zero-order valence-corrected chi connectivity index (χ0v) is 16.9. The van der Waals surface area contributed by atoms with E-state index in [9.17, 15) is 14.5 Å². The van der Waals surface area contributed by atoms with E-state index in [0.29, 0.717) is 6.42 Å². The lowest BCUT2D eigenvalue weighted by atomic mass is 10.0. The molecule has 5 nitrogen and oxygen atoms in total. The lowest BCUT2D eigenvalue weighted by Gasteiger charge is -2.19. The van der Waals surface area contributed by atoms with Crippen LogP contribution in [0.2, 0.25) is 0 Å². The number of unbranched alkanes of at least 4 members (excludes halogenated alkanes) is 8. The average molecular weight is 378 g/mol. The third-order valence-corrected chi connectivity index (χ3v) is 7.70. The number of carbonyl (C=O) groups is 1. The molecule has 0 aliphatic carbocycles. The number of Topliss-reactive ketones (excluding diaryl/α,β-unsaturated/α-hetero) is 1. The van der Waals surface area contributed by atoms with Gasteiger partial charge in [0.1, 0.15) is 5.78 Å². The van der Waals surface area contributed by atoms with E-state index in [-0.39, 0.29) is 43.9 Å². The Hall–Kier alpha value is -0.220. The van der Waals surface area contributed by atoms with Gasteiger partial charge in [-0.05, 0) is 6.42 Å². The molecule has 1 atom stereocenters. The SMILES string of the molecule is CCCCCCCCCCCC(=O)CC(O)CP(=O)(CCO)CCO. The normalized spacial score (nSPS) is 13.1. The Morgan fingerprint density at radius 1 is 0.880 bits per heavy atom. The van der Waals surface area contributed by atoms with Gasteiger partial charge in [-0.3, -0.25) is 4.79 Å². The molecule has 0 radical (unpaired) electrons. The minimum Gasteiger partial charge on any atom is -0.396 e. The van der Waals surface area contributed by atoms with E-state index in [4.69, 9.17) is 10.2 Å². The first-order chi connectivity index (χ1) is 12.0. The molecular weight excluding hydrogens is 339 g/mol. The van der Waals surface area contributed by atoms with Crippen molar-refractivity contribution in [2.24, 2.45) is 0 Å². The summed E-state index contributed by atoms with van der Waals surface area (Å²) in [6.07, 6.45) is 10.5. The van der Waals surface area contributed by atoms with Crippen molar-refractivity contribution in [2.75, 3.05) is 31.7 Å². The molecule has 0 aliphatic rings. The highest BCUT2D eigenvalue weighted by Crippen LogP contribution is 2.45. The molecule has 0 spiro atoms. The van der Waals surface area contributed by atoms with Crippen LogP contribution < -0.4 is 0 Å². The second kappa shape index (κ2) is 16.0. The van der Waals surface area contributed by atoms with E-state index in [1.165, 1.54) is 38.5 Å². The Labute approximate surface area is 153 Å². The van der Waals surface area contributed by atoms with Crippen LogP contribution in [0.5, 0.6) is 0 Å². The number of ketones is 1. The fraction of sp³-hybridized carbons (Fsp3) is 0.947. The number of aliphatic hydroxyl groups is 3. The first kappa shape index (κ1) is 24.8. The van der Waals surface area contributed by atoms with E-state index >= 15 is 0 Å².